The van der Waals surface area contributed by atoms with Crippen molar-refractivity contribution in [1.82, 2.24) is 0 Å². The summed E-state index contributed by atoms with van der Waals surface area (Å²) >= 11 is 9.23. The molecule has 0 aromatic heterocycles. The van der Waals surface area contributed by atoms with Crippen LogP contribution < -0.4 is 0 Å². The second-order valence-electron chi connectivity index (χ2n) is 4.32. The van der Waals surface area contributed by atoms with E-state index < -0.39 is 0 Å². The van der Waals surface area contributed by atoms with Crippen LogP contribution in [0.3, 0.4) is 0 Å². The van der Waals surface area contributed by atoms with Crippen molar-refractivity contribution in [2.45, 2.75) is 12.3 Å². The minimum absolute atomic E-state index is 0.0281. The third-order valence-electron chi connectivity index (χ3n) is 3.03. The topological polar surface area (TPSA) is 0 Å². The lowest BCUT2D eigenvalue weighted by molar-refractivity contribution is 0.615. The Morgan fingerprint density at radius 1 is 1.05 bits per heavy atom. The predicted molar refractivity (Wildman–Crippen MR) is 77.7 cm³/mol. The highest BCUT2D eigenvalue weighted by atomic mass is 79.9. The van der Waals surface area contributed by atoms with E-state index in [-0.39, 0.29) is 17.6 Å². The van der Waals surface area contributed by atoms with E-state index in [0.29, 0.717) is 16.8 Å². The van der Waals surface area contributed by atoms with Crippen molar-refractivity contribution in [3.8, 4) is 0 Å². The van der Waals surface area contributed by atoms with Gasteiger partial charge in [0, 0.05) is 11.8 Å². The highest BCUT2D eigenvalue weighted by Crippen LogP contribution is 2.28. The normalized spacial score (nSPS) is 12.4. The molecule has 0 bridgehead atoms. The van der Waals surface area contributed by atoms with Gasteiger partial charge in [-0.1, -0.05) is 24.3 Å². The summed E-state index contributed by atoms with van der Waals surface area (Å²) in [5.41, 5.74) is 1.81. The van der Waals surface area contributed by atoms with Crippen molar-refractivity contribution in [2.24, 2.45) is 0 Å². The van der Waals surface area contributed by atoms with Crippen LogP contribution in [0.25, 0.3) is 0 Å². The van der Waals surface area contributed by atoms with Gasteiger partial charge in [0.15, 0.2) is 0 Å². The summed E-state index contributed by atoms with van der Waals surface area (Å²) in [6.45, 7) is 0. The first-order valence-electron chi connectivity index (χ1n) is 5.86. The number of alkyl halides is 1. The molecule has 0 aliphatic carbocycles. The Hall–Kier alpha value is -0.930. The van der Waals surface area contributed by atoms with Crippen LogP contribution in [0, 0.1) is 11.6 Å². The van der Waals surface area contributed by atoms with Gasteiger partial charge in [0.2, 0.25) is 0 Å². The maximum Gasteiger partial charge on any atom is 0.137 e. The molecule has 19 heavy (non-hydrogen) atoms. The minimum Gasteiger partial charge on any atom is -0.207 e. The first kappa shape index (κ1) is 14.5. The van der Waals surface area contributed by atoms with Crippen LogP contribution in [0.4, 0.5) is 8.78 Å². The third kappa shape index (κ3) is 3.54. The van der Waals surface area contributed by atoms with Crippen molar-refractivity contribution in [1.29, 1.82) is 0 Å². The van der Waals surface area contributed by atoms with Gasteiger partial charge in [0.05, 0.1) is 4.47 Å². The molecular weight excluding hydrogens is 334 g/mol. The third-order valence-corrected chi connectivity index (χ3v) is 4.29. The lowest BCUT2D eigenvalue weighted by Crippen LogP contribution is -2.06. The van der Waals surface area contributed by atoms with Crippen LogP contribution in [0.5, 0.6) is 0 Å². The van der Waals surface area contributed by atoms with Crippen molar-refractivity contribution in [3.63, 3.8) is 0 Å². The van der Waals surface area contributed by atoms with Crippen molar-refractivity contribution >= 4 is 27.5 Å². The fourth-order valence-corrected chi connectivity index (χ4v) is 2.68. The first-order chi connectivity index (χ1) is 9.11. The summed E-state index contributed by atoms with van der Waals surface area (Å²) in [6, 6.07) is 11.2. The number of hydrogen-bond donors (Lipinski definition) is 0. The van der Waals surface area contributed by atoms with Gasteiger partial charge in [-0.25, -0.2) is 8.78 Å². The molecule has 4 heteroatoms. The fraction of sp³-hybridized carbons (Fsp3) is 0.200. The van der Waals surface area contributed by atoms with Gasteiger partial charge in [-0.3, -0.25) is 0 Å². The van der Waals surface area contributed by atoms with Gasteiger partial charge in [-0.15, -0.1) is 11.6 Å². The maximum absolute atomic E-state index is 13.5. The van der Waals surface area contributed by atoms with E-state index in [2.05, 4.69) is 15.9 Å². The number of rotatable bonds is 4. The summed E-state index contributed by atoms with van der Waals surface area (Å²) in [6.07, 6.45) is 0.605. The van der Waals surface area contributed by atoms with Gasteiger partial charge < -0.3 is 0 Å². The molecule has 0 nitrogen and oxygen atoms in total. The average molecular weight is 346 g/mol. The van der Waals surface area contributed by atoms with Gasteiger partial charge in [0.1, 0.15) is 11.6 Å². The smallest absolute Gasteiger partial charge is 0.137 e. The monoisotopic (exact) mass is 344 g/mol. The number of halogens is 4. The fourth-order valence-electron chi connectivity index (χ4n) is 1.97. The van der Waals surface area contributed by atoms with Crippen LogP contribution in [0.1, 0.15) is 17.0 Å². The van der Waals surface area contributed by atoms with Crippen molar-refractivity contribution < 1.29 is 8.78 Å². The molecule has 1 atom stereocenters. The Morgan fingerprint density at radius 3 is 2.37 bits per heavy atom. The zero-order valence-electron chi connectivity index (χ0n) is 10.0. The molecule has 1 unspecified atom stereocenters. The maximum atomic E-state index is 13.5. The molecule has 2 aromatic carbocycles. The molecule has 0 fully saturated rings. The summed E-state index contributed by atoms with van der Waals surface area (Å²) in [5.74, 6) is -0.136. The highest BCUT2D eigenvalue weighted by molar-refractivity contribution is 9.10. The molecule has 0 spiro atoms. The molecule has 0 heterocycles. The zero-order valence-corrected chi connectivity index (χ0v) is 12.4. The van der Waals surface area contributed by atoms with E-state index in [9.17, 15) is 8.78 Å². The molecule has 2 aromatic rings. The summed E-state index contributed by atoms with van der Waals surface area (Å²) in [4.78, 5) is 0. The lowest BCUT2D eigenvalue weighted by Gasteiger charge is -2.15. The second kappa shape index (κ2) is 6.49. The lowest BCUT2D eigenvalue weighted by atomic mass is 9.93. The minimum atomic E-state index is -0.287. The van der Waals surface area contributed by atoms with Crippen molar-refractivity contribution in [2.75, 3.05) is 5.88 Å². The van der Waals surface area contributed by atoms with E-state index in [1.807, 2.05) is 6.07 Å². The van der Waals surface area contributed by atoms with Crippen LogP contribution in [-0.2, 0) is 6.42 Å². The SMILES string of the molecule is Fc1ccc(C(CCl)Cc2cccc(F)c2Br)cc1. The standard InChI is InChI=1S/C15H12BrClF2/c16-15-11(2-1-3-14(15)19)8-12(9-17)10-4-6-13(18)7-5-10/h1-7,12H,8-9H2. The molecule has 0 aliphatic heterocycles. The quantitative estimate of drug-likeness (QED) is 0.660. The summed E-state index contributed by atoms with van der Waals surface area (Å²) < 4.78 is 26.8. The molecule has 0 radical (unpaired) electrons. The Balaban J connectivity index is 2.24. The first-order valence-corrected chi connectivity index (χ1v) is 7.19. The predicted octanol–water partition coefficient (Wildman–Crippen LogP) is 5.29. The highest BCUT2D eigenvalue weighted by Gasteiger charge is 2.14. The zero-order chi connectivity index (χ0) is 13.8. The molecule has 0 N–H and O–H groups in total. The van der Waals surface area contributed by atoms with E-state index in [1.165, 1.54) is 18.2 Å². The number of hydrogen-bond acceptors (Lipinski definition) is 0. The van der Waals surface area contributed by atoms with Crippen LogP contribution >= 0.6 is 27.5 Å². The van der Waals surface area contributed by atoms with E-state index >= 15 is 0 Å². The molecule has 0 saturated heterocycles. The second-order valence-corrected chi connectivity index (χ2v) is 5.42. The van der Waals surface area contributed by atoms with Gasteiger partial charge in [-0.05, 0) is 51.7 Å². The Bertz CT molecular complexity index is 555. The Labute approximate surface area is 124 Å². The van der Waals surface area contributed by atoms with Gasteiger partial charge >= 0.3 is 0 Å². The molecule has 0 aliphatic rings. The van der Waals surface area contributed by atoms with E-state index in [4.69, 9.17) is 11.6 Å². The molecule has 0 saturated carbocycles. The Morgan fingerprint density at radius 2 is 1.74 bits per heavy atom. The summed E-state index contributed by atoms with van der Waals surface area (Å²) in [5, 5.41) is 0. The van der Waals surface area contributed by atoms with Crippen molar-refractivity contribution in [3.05, 3.63) is 69.7 Å². The summed E-state index contributed by atoms with van der Waals surface area (Å²) in [7, 11) is 0. The average Bonchev–Trinajstić information content (AvgIpc) is 2.42. The van der Waals surface area contributed by atoms with Crippen LogP contribution in [0.2, 0.25) is 0 Å². The largest absolute Gasteiger partial charge is 0.207 e. The van der Waals surface area contributed by atoms with Gasteiger partial charge in [0.25, 0.3) is 0 Å². The molecule has 0 amide bonds. The molecular formula is C15H12BrClF2. The molecule has 2 rings (SSSR count). The van der Waals surface area contributed by atoms with E-state index in [1.54, 1.807) is 18.2 Å². The van der Waals surface area contributed by atoms with Crippen LogP contribution in [0.15, 0.2) is 46.9 Å². The van der Waals surface area contributed by atoms with Gasteiger partial charge in [-0.2, -0.15) is 0 Å². The number of benzene rings is 2. The van der Waals surface area contributed by atoms with E-state index in [0.717, 1.165) is 11.1 Å². The molecule has 100 valence electrons. The Kier molecular flexibility index (Phi) is 4.94. The van der Waals surface area contributed by atoms with Crippen LogP contribution in [-0.4, -0.2) is 5.88 Å².